The molecule has 0 aliphatic carbocycles. The van der Waals surface area contributed by atoms with Crippen LogP contribution in [0.3, 0.4) is 0 Å². The highest BCUT2D eigenvalue weighted by Crippen LogP contribution is 2.17. The van der Waals surface area contributed by atoms with Crippen LogP contribution >= 0.6 is 0 Å². The average Bonchev–Trinajstić information content (AvgIpc) is 2.39. The molecule has 0 saturated carbocycles. The van der Waals surface area contributed by atoms with Crippen LogP contribution in [0.5, 0.6) is 5.88 Å². The van der Waals surface area contributed by atoms with Crippen LogP contribution in [0.15, 0.2) is 42.6 Å². The SMILES string of the molecule is COc1ccc(CC(N)c2cccc(F)c2)cn1. The van der Waals surface area contributed by atoms with Gasteiger partial charge in [-0.1, -0.05) is 18.2 Å². The number of hydrogen-bond acceptors (Lipinski definition) is 3. The van der Waals surface area contributed by atoms with Gasteiger partial charge in [-0.3, -0.25) is 0 Å². The minimum Gasteiger partial charge on any atom is -0.481 e. The molecule has 1 aromatic carbocycles. The Hall–Kier alpha value is -1.94. The van der Waals surface area contributed by atoms with Gasteiger partial charge < -0.3 is 10.5 Å². The molecule has 2 rings (SSSR count). The van der Waals surface area contributed by atoms with E-state index in [0.717, 1.165) is 11.1 Å². The normalized spacial score (nSPS) is 12.2. The molecule has 0 bridgehead atoms. The van der Waals surface area contributed by atoms with E-state index in [1.54, 1.807) is 25.4 Å². The molecule has 0 saturated heterocycles. The first-order valence-electron chi connectivity index (χ1n) is 5.69. The Kier molecular flexibility index (Phi) is 3.89. The fourth-order valence-corrected chi connectivity index (χ4v) is 1.76. The van der Waals surface area contributed by atoms with Crippen molar-refractivity contribution in [3.05, 3.63) is 59.5 Å². The number of methoxy groups -OCH3 is 1. The van der Waals surface area contributed by atoms with Gasteiger partial charge in [0.05, 0.1) is 7.11 Å². The number of pyridine rings is 1. The topological polar surface area (TPSA) is 48.1 Å². The van der Waals surface area contributed by atoms with Gasteiger partial charge in [-0.25, -0.2) is 9.37 Å². The summed E-state index contributed by atoms with van der Waals surface area (Å²) in [6, 6.07) is 9.81. The van der Waals surface area contributed by atoms with E-state index in [-0.39, 0.29) is 11.9 Å². The summed E-state index contributed by atoms with van der Waals surface area (Å²) in [5.74, 6) is 0.300. The predicted molar refractivity (Wildman–Crippen MR) is 67.8 cm³/mol. The zero-order chi connectivity index (χ0) is 13.0. The number of ether oxygens (including phenoxy) is 1. The van der Waals surface area contributed by atoms with Gasteiger partial charge in [0.25, 0.3) is 0 Å². The Labute approximate surface area is 105 Å². The maximum atomic E-state index is 13.1. The number of benzene rings is 1. The van der Waals surface area contributed by atoms with E-state index in [0.29, 0.717) is 12.3 Å². The van der Waals surface area contributed by atoms with Gasteiger partial charge in [0.2, 0.25) is 5.88 Å². The van der Waals surface area contributed by atoms with Crippen molar-refractivity contribution in [2.75, 3.05) is 7.11 Å². The van der Waals surface area contributed by atoms with Crippen LogP contribution in [0, 0.1) is 5.82 Å². The molecule has 2 aromatic rings. The van der Waals surface area contributed by atoms with Crippen LogP contribution < -0.4 is 10.5 Å². The largest absolute Gasteiger partial charge is 0.481 e. The number of halogens is 1. The van der Waals surface area contributed by atoms with Gasteiger partial charge in [-0.15, -0.1) is 0 Å². The number of nitrogens with two attached hydrogens (primary N) is 1. The summed E-state index contributed by atoms with van der Waals surface area (Å²) in [6.07, 6.45) is 2.33. The first kappa shape index (κ1) is 12.5. The Morgan fingerprint density at radius 3 is 2.78 bits per heavy atom. The third-order valence-electron chi connectivity index (χ3n) is 2.74. The number of rotatable bonds is 4. The van der Waals surface area contributed by atoms with Gasteiger partial charge in [-0.2, -0.15) is 0 Å². The molecule has 1 aromatic heterocycles. The smallest absolute Gasteiger partial charge is 0.212 e. The van der Waals surface area contributed by atoms with Crippen LogP contribution in [-0.2, 0) is 6.42 Å². The zero-order valence-corrected chi connectivity index (χ0v) is 10.1. The Morgan fingerprint density at radius 2 is 2.17 bits per heavy atom. The van der Waals surface area contributed by atoms with E-state index in [1.807, 2.05) is 12.1 Å². The lowest BCUT2D eigenvalue weighted by Gasteiger charge is -2.12. The molecule has 0 spiro atoms. The van der Waals surface area contributed by atoms with Gasteiger partial charge in [0, 0.05) is 18.3 Å². The van der Waals surface area contributed by atoms with Crippen LogP contribution in [0.25, 0.3) is 0 Å². The lowest BCUT2D eigenvalue weighted by atomic mass is 10.0. The molecule has 1 unspecified atom stereocenters. The summed E-state index contributed by atoms with van der Waals surface area (Å²) in [5, 5.41) is 0. The van der Waals surface area contributed by atoms with E-state index in [9.17, 15) is 4.39 Å². The molecule has 18 heavy (non-hydrogen) atoms. The Balaban J connectivity index is 2.08. The van der Waals surface area contributed by atoms with Crippen LogP contribution in [0.4, 0.5) is 4.39 Å². The molecular formula is C14H15FN2O. The quantitative estimate of drug-likeness (QED) is 0.901. The van der Waals surface area contributed by atoms with Crippen molar-refractivity contribution in [3.63, 3.8) is 0 Å². The fourth-order valence-electron chi connectivity index (χ4n) is 1.76. The van der Waals surface area contributed by atoms with E-state index < -0.39 is 0 Å². The molecule has 2 N–H and O–H groups in total. The van der Waals surface area contributed by atoms with Crippen molar-refractivity contribution in [3.8, 4) is 5.88 Å². The molecule has 0 radical (unpaired) electrons. The van der Waals surface area contributed by atoms with Gasteiger partial charge in [0.15, 0.2) is 0 Å². The fraction of sp³-hybridized carbons (Fsp3) is 0.214. The minimum absolute atomic E-state index is 0.240. The molecule has 0 aliphatic rings. The highest BCUT2D eigenvalue weighted by Gasteiger charge is 2.08. The van der Waals surface area contributed by atoms with Gasteiger partial charge in [0.1, 0.15) is 5.82 Å². The maximum absolute atomic E-state index is 13.1. The molecule has 1 heterocycles. The van der Waals surface area contributed by atoms with Crippen molar-refractivity contribution in [1.29, 1.82) is 0 Å². The van der Waals surface area contributed by atoms with Crippen molar-refractivity contribution < 1.29 is 9.13 Å². The first-order chi connectivity index (χ1) is 8.69. The zero-order valence-electron chi connectivity index (χ0n) is 10.1. The number of aromatic nitrogens is 1. The molecule has 0 aliphatic heterocycles. The molecule has 3 nitrogen and oxygen atoms in total. The van der Waals surface area contributed by atoms with E-state index in [1.165, 1.54) is 12.1 Å². The van der Waals surface area contributed by atoms with E-state index in [4.69, 9.17) is 10.5 Å². The molecule has 0 amide bonds. The van der Waals surface area contributed by atoms with Crippen molar-refractivity contribution in [2.45, 2.75) is 12.5 Å². The lowest BCUT2D eigenvalue weighted by molar-refractivity contribution is 0.397. The molecule has 4 heteroatoms. The Morgan fingerprint density at radius 1 is 1.33 bits per heavy atom. The summed E-state index contributed by atoms with van der Waals surface area (Å²) in [7, 11) is 1.57. The van der Waals surface area contributed by atoms with Crippen LogP contribution in [0.2, 0.25) is 0 Å². The number of nitrogens with zero attached hydrogens (tertiary/aromatic N) is 1. The standard InChI is InChI=1S/C14H15FN2O/c1-18-14-6-5-10(9-17-14)7-13(16)11-3-2-4-12(15)8-11/h2-6,8-9,13H,7,16H2,1H3. The first-order valence-corrected chi connectivity index (χ1v) is 5.69. The molecular weight excluding hydrogens is 231 g/mol. The predicted octanol–water partition coefficient (Wildman–Crippen LogP) is 2.47. The highest BCUT2D eigenvalue weighted by atomic mass is 19.1. The molecule has 1 atom stereocenters. The van der Waals surface area contributed by atoms with E-state index >= 15 is 0 Å². The van der Waals surface area contributed by atoms with Crippen molar-refractivity contribution in [1.82, 2.24) is 4.98 Å². The van der Waals surface area contributed by atoms with Crippen molar-refractivity contribution >= 4 is 0 Å². The monoisotopic (exact) mass is 246 g/mol. The Bertz CT molecular complexity index is 513. The highest BCUT2D eigenvalue weighted by molar-refractivity contribution is 5.24. The summed E-state index contributed by atoms with van der Waals surface area (Å²) < 4.78 is 18.1. The maximum Gasteiger partial charge on any atom is 0.212 e. The molecule has 0 fully saturated rings. The average molecular weight is 246 g/mol. The summed E-state index contributed by atoms with van der Waals surface area (Å²) in [4.78, 5) is 4.11. The second-order valence-electron chi connectivity index (χ2n) is 4.07. The van der Waals surface area contributed by atoms with Crippen molar-refractivity contribution in [2.24, 2.45) is 5.73 Å². The van der Waals surface area contributed by atoms with Crippen LogP contribution in [-0.4, -0.2) is 12.1 Å². The summed E-state index contributed by atoms with van der Waals surface area (Å²) >= 11 is 0. The molecule has 94 valence electrons. The number of hydrogen-bond donors (Lipinski definition) is 1. The van der Waals surface area contributed by atoms with E-state index in [2.05, 4.69) is 4.98 Å². The van der Waals surface area contributed by atoms with Gasteiger partial charge >= 0.3 is 0 Å². The summed E-state index contributed by atoms with van der Waals surface area (Å²) in [5.41, 5.74) is 7.82. The van der Waals surface area contributed by atoms with Gasteiger partial charge in [-0.05, 0) is 29.7 Å². The second kappa shape index (κ2) is 5.60. The second-order valence-corrected chi connectivity index (χ2v) is 4.07. The third-order valence-corrected chi connectivity index (χ3v) is 2.74. The lowest BCUT2D eigenvalue weighted by Crippen LogP contribution is -2.13. The summed E-state index contributed by atoms with van der Waals surface area (Å²) in [6.45, 7) is 0. The third kappa shape index (κ3) is 3.05. The minimum atomic E-state index is -0.268. The van der Waals surface area contributed by atoms with Crippen LogP contribution in [0.1, 0.15) is 17.2 Å².